The lowest BCUT2D eigenvalue weighted by Crippen LogP contribution is -2.33. The first-order valence-corrected chi connectivity index (χ1v) is 7.71. The first kappa shape index (κ1) is 17.4. The van der Waals surface area contributed by atoms with Gasteiger partial charge in [0.25, 0.3) is 0 Å². The molecule has 2 aromatic carbocycles. The smallest absolute Gasteiger partial charge is 0.137 e. The van der Waals surface area contributed by atoms with Gasteiger partial charge in [-0.15, -0.1) is 0 Å². The molecule has 124 valence electrons. The third-order valence-corrected chi connectivity index (χ3v) is 3.34. The zero-order valence-corrected chi connectivity index (χ0v) is 13.4. The maximum atomic E-state index is 9.83. The third kappa shape index (κ3) is 6.36. The summed E-state index contributed by atoms with van der Waals surface area (Å²) in [5.74, 6) is 1.43. The molecule has 0 amide bonds. The molecule has 23 heavy (non-hydrogen) atoms. The minimum absolute atomic E-state index is 0.170. The van der Waals surface area contributed by atoms with Gasteiger partial charge in [-0.05, 0) is 36.4 Å². The van der Waals surface area contributed by atoms with Crippen molar-refractivity contribution in [1.29, 1.82) is 0 Å². The Morgan fingerprint density at radius 3 is 2.52 bits per heavy atom. The Morgan fingerprint density at radius 2 is 1.78 bits per heavy atom. The molecule has 2 rings (SSSR count). The minimum Gasteiger partial charge on any atom is -0.508 e. The number of ether oxygens (including phenoxy) is 2. The van der Waals surface area contributed by atoms with Crippen LogP contribution in [0.4, 0.5) is 0 Å². The van der Waals surface area contributed by atoms with Crippen molar-refractivity contribution in [3.8, 4) is 17.2 Å². The van der Waals surface area contributed by atoms with Crippen LogP contribution in [-0.2, 0) is 0 Å². The molecule has 1 atom stereocenters. The highest BCUT2D eigenvalue weighted by Gasteiger charge is 2.05. The molecule has 0 spiro atoms. The summed E-state index contributed by atoms with van der Waals surface area (Å²) in [6.45, 7) is 1.60. The number of halogens is 1. The molecular weight excluding hydrogens is 318 g/mol. The molecule has 0 fully saturated rings. The lowest BCUT2D eigenvalue weighted by molar-refractivity contribution is 0.105. The highest BCUT2D eigenvalue weighted by Crippen LogP contribution is 2.22. The summed E-state index contributed by atoms with van der Waals surface area (Å²) in [5, 5.41) is 22.7. The van der Waals surface area contributed by atoms with Gasteiger partial charge < -0.3 is 25.0 Å². The number of nitrogens with one attached hydrogen (secondary N) is 1. The van der Waals surface area contributed by atoms with Crippen LogP contribution in [0.2, 0.25) is 5.02 Å². The van der Waals surface area contributed by atoms with Crippen LogP contribution < -0.4 is 14.8 Å². The SMILES string of the molecule is Oc1ccc(OCC(O)CNCCOc2ccccc2Cl)cc1. The fraction of sp³-hybridized carbons (Fsp3) is 0.294. The Balaban J connectivity index is 1.57. The highest BCUT2D eigenvalue weighted by atomic mass is 35.5. The molecule has 2 aromatic rings. The Kier molecular flexibility index (Phi) is 7.00. The maximum absolute atomic E-state index is 9.83. The van der Waals surface area contributed by atoms with Crippen LogP contribution in [0.1, 0.15) is 0 Å². The number of hydrogen-bond acceptors (Lipinski definition) is 5. The lowest BCUT2D eigenvalue weighted by Gasteiger charge is -2.14. The van der Waals surface area contributed by atoms with Crippen LogP contribution in [0.15, 0.2) is 48.5 Å². The van der Waals surface area contributed by atoms with Gasteiger partial charge in [0.15, 0.2) is 0 Å². The molecule has 0 aliphatic rings. The van der Waals surface area contributed by atoms with E-state index in [2.05, 4.69) is 5.32 Å². The zero-order valence-electron chi connectivity index (χ0n) is 12.6. The molecule has 0 aliphatic heterocycles. The number of aliphatic hydroxyl groups excluding tert-OH is 1. The van der Waals surface area contributed by atoms with E-state index >= 15 is 0 Å². The van der Waals surface area contributed by atoms with E-state index in [4.69, 9.17) is 26.2 Å². The Bertz CT molecular complexity index is 591. The summed E-state index contributed by atoms with van der Waals surface area (Å²) in [6, 6.07) is 13.6. The van der Waals surface area contributed by atoms with E-state index in [-0.39, 0.29) is 12.4 Å². The predicted molar refractivity (Wildman–Crippen MR) is 89.4 cm³/mol. The van der Waals surface area contributed by atoms with E-state index in [0.717, 1.165) is 0 Å². The van der Waals surface area contributed by atoms with Gasteiger partial charge in [-0.3, -0.25) is 0 Å². The monoisotopic (exact) mass is 337 g/mol. The second-order valence-electron chi connectivity index (χ2n) is 4.94. The summed E-state index contributed by atoms with van der Waals surface area (Å²) in [4.78, 5) is 0. The van der Waals surface area contributed by atoms with Crippen molar-refractivity contribution in [2.45, 2.75) is 6.10 Å². The quantitative estimate of drug-likeness (QED) is 0.613. The van der Waals surface area contributed by atoms with Crippen LogP contribution in [-0.4, -0.2) is 42.6 Å². The van der Waals surface area contributed by atoms with Crippen LogP contribution >= 0.6 is 11.6 Å². The van der Waals surface area contributed by atoms with Crippen LogP contribution in [0.25, 0.3) is 0 Å². The molecule has 0 aromatic heterocycles. The number of benzene rings is 2. The lowest BCUT2D eigenvalue weighted by atomic mass is 10.3. The zero-order chi connectivity index (χ0) is 16.5. The van der Waals surface area contributed by atoms with Gasteiger partial charge in [0.1, 0.15) is 36.6 Å². The van der Waals surface area contributed by atoms with Crippen molar-refractivity contribution in [2.75, 3.05) is 26.3 Å². The van der Waals surface area contributed by atoms with E-state index in [1.807, 2.05) is 18.2 Å². The van der Waals surface area contributed by atoms with Gasteiger partial charge in [0.2, 0.25) is 0 Å². The van der Waals surface area contributed by atoms with Gasteiger partial charge in [0, 0.05) is 13.1 Å². The number of aromatic hydroxyl groups is 1. The van der Waals surface area contributed by atoms with E-state index in [0.29, 0.717) is 36.2 Å². The van der Waals surface area contributed by atoms with E-state index < -0.39 is 6.10 Å². The number of rotatable bonds is 9. The van der Waals surface area contributed by atoms with Crippen molar-refractivity contribution in [2.24, 2.45) is 0 Å². The molecular formula is C17H20ClNO4. The average Bonchev–Trinajstić information content (AvgIpc) is 2.55. The van der Waals surface area contributed by atoms with Crippen molar-refractivity contribution in [3.63, 3.8) is 0 Å². The van der Waals surface area contributed by atoms with Crippen LogP contribution in [0.5, 0.6) is 17.2 Å². The summed E-state index contributed by atoms with van der Waals surface area (Å²) in [7, 11) is 0. The number of phenols is 1. The topological polar surface area (TPSA) is 71.0 Å². The number of hydrogen-bond donors (Lipinski definition) is 3. The summed E-state index contributed by atoms with van der Waals surface area (Å²) >= 11 is 5.98. The molecule has 0 aliphatic carbocycles. The average molecular weight is 338 g/mol. The van der Waals surface area contributed by atoms with Crippen molar-refractivity contribution in [1.82, 2.24) is 5.32 Å². The summed E-state index contributed by atoms with van der Waals surface area (Å²) < 4.78 is 10.9. The van der Waals surface area contributed by atoms with Gasteiger partial charge in [-0.2, -0.15) is 0 Å². The van der Waals surface area contributed by atoms with E-state index in [9.17, 15) is 5.11 Å². The molecule has 6 heteroatoms. The standard InChI is InChI=1S/C17H20ClNO4/c18-16-3-1-2-4-17(16)22-10-9-19-11-14(21)12-23-15-7-5-13(20)6-8-15/h1-8,14,19-21H,9-12H2. The summed E-state index contributed by atoms with van der Waals surface area (Å²) in [6.07, 6.45) is -0.635. The number of phenolic OH excluding ortho intramolecular Hbond substituents is 1. The normalized spacial score (nSPS) is 11.9. The minimum atomic E-state index is -0.635. The largest absolute Gasteiger partial charge is 0.508 e. The maximum Gasteiger partial charge on any atom is 0.137 e. The van der Waals surface area contributed by atoms with Gasteiger partial charge >= 0.3 is 0 Å². The van der Waals surface area contributed by atoms with Crippen molar-refractivity contribution in [3.05, 3.63) is 53.6 Å². The van der Waals surface area contributed by atoms with Crippen LogP contribution in [0.3, 0.4) is 0 Å². The fourth-order valence-electron chi connectivity index (χ4n) is 1.86. The summed E-state index contributed by atoms with van der Waals surface area (Å²) in [5.41, 5.74) is 0. The Morgan fingerprint density at radius 1 is 1.04 bits per heavy atom. The number of aliphatic hydroxyl groups is 1. The van der Waals surface area contributed by atoms with E-state index in [1.165, 1.54) is 12.1 Å². The molecule has 1 unspecified atom stereocenters. The van der Waals surface area contributed by atoms with E-state index in [1.54, 1.807) is 18.2 Å². The Labute approximate surface area is 140 Å². The molecule has 0 radical (unpaired) electrons. The second kappa shape index (κ2) is 9.25. The third-order valence-electron chi connectivity index (χ3n) is 3.03. The molecule has 3 N–H and O–H groups in total. The second-order valence-corrected chi connectivity index (χ2v) is 5.35. The first-order chi connectivity index (χ1) is 11.1. The van der Waals surface area contributed by atoms with Crippen molar-refractivity contribution >= 4 is 11.6 Å². The Hall–Kier alpha value is -1.95. The number of para-hydroxylation sites is 1. The van der Waals surface area contributed by atoms with Gasteiger partial charge in [0.05, 0.1) is 5.02 Å². The molecule has 0 heterocycles. The highest BCUT2D eigenvalue weighted by molar-refractivity contribution is 6.32. The molecule has 5 nitrogen and oxygen atoms in total. The van der Waals surface area contributed by atoms with Gasteiger partial charge in [-0.25, -0.2) is 0 Å². The van der Waals surface area contributed by atoms with Crippen molar-refractivity contribution < 1.29 is 19.7 Å². The fourth-order valence-corrected chi connectivity index (χ4v) is 2.05. The first-order valence-electron chi connectivity index (χ1n) is 7.33. The van der Waals surface area contributed by atoms with Crippen LogP contribution in [0, 0.1) is 0 Å². The predicted octanol–water partition coefficient (Wildman–Crippen LogP) is 2.45. The molecule has 0 saturated carbocycles. The molecule has 0 bridgehead atoms. The molecule has 0 saturated heterocycles. The van der Waals surface area contributed by atoms with Gasteiger partial charge in [-0.1, -0.05) is 23.7 Å².